The largest absolute Gasteiger partial charge is 0.484 e. The van der Waals surface area contributed by atoms with Gasteiger partial charge in [-0.05, 0) is 77.5 Å². The maximum Gasteiger partial charge on any atom is 0.262 e. The second-order valence-corrected chi connectivity index (χ2v) is 6.43. The number of anilines is 2. The Balaban J connectivity index is 1.92. The number of ether oxygens (including phenoxy) is 1. The minimum absolute atomic E-state index is 0.00489. The second-order valence-electron chi connectivity index (χ2n) is 5.19. The molecule has 2 rings (SSSR count). The number of carbonyl (C=O) groups excluding carboxylic acids is 1. The molecule has 22 heavy (non-hydrogen) atoms. The summed E-state index contributed by atoms with van der Waals surface area (Å²) < 4.78 is 6.59. The molecule has 0 atom stereocenters. The molecule has 0 aliphatic heterocycles. The second kappa shape index (κ2) is 7.49. The molecule has 1 amide bonds. The monoisotopic (exact) mass is 410 g/mol. The van der Waals surface area contributed by atoms with Crippen molar-refractivity contribution in [3.63, 3.8) is 0 Å². The number of nitrogens with zero attached hydrogens (tertiary/aromatic N) is 1. The van der Waals surface area contributed by atoms with Crippen molar-refractivity contribution in [2.24, 2.45) is 0 Å². The fraction of sp³-hybridized carbons (Fsp3) is 0.235. The number of nitrogens with one attached hydrogen (secondary N) is 1. The molecule has 4 nitrogen and oxygen atoms in total. The molecule has 0 fully saturated rings. The molecule has 0 saturated carbocycles. The van der Waals surface area contributed by atoms with E-state index >= 15 is 0 Å². The Kier molecular flexibility index (Phi) is 5.65. The lowest BCUT2D eigenvalue weighted by Gasteiger charge is -2.16. The van der Waals surface area contributed by atoms with Gasteiger partial charge >= 0.3 is 0 Å². The van der Waals surface area contributed by atoms with Crippen LogP contribution in [0.4, 0.5) is 11.4 Å². The van der Waals surface area contributed by atoms with Crippen LogP contribution in [-0.4, -0.2) is 26.6 Å². The minimum Gasteiger partial charge on any atom is -0.484 e. The zero-order valence-electron chi connectivity index (χ0n) is 12.9. The summed E-state index contributed by atoms with van der Waals surface area (Å²) in [5.74, 6) is 0.519. The zero-order chi connectivity index (χ0) is 16.1. The van der Waals surface area contributed by atoms with Gasteiger partial charge in [-0.3, -0.25) is 4.79 Å². The molecule has 0 spiro atoms. The Hall–Kier alpha value is -1.76. The lowest BCUT2D eigenvalue weighted by Crippen LogP contribution is -2.20. The summed E-state index contributed by atoms with van der Waals surface area (Å²) in [6.45, 7) is 2.02. The van der Waals surface area contributed by atoms with Crippen molar-refractivity contribution in [3.05, 3.63) is 51.6 Å². The number of carbonyl (C=O) groups is 1. The summed E-state index contributed by atoms with van der Waals surface area (Å²) in [7, 11) is 3.99. The van der Waals surface area contributed by atoms with Crippen LogP contribution in [0.3, 0.4) is 0 Å². The molecular weight excluding hydrogens is 391 g/mol. The Morgan fingerprint density at radius 2 is 1.86 bits per heavy atom. The number of aryl methyl sites for hydroxylation is 1. The van der Waals surface area contributed by atoms with E-state index in [-0.39, 0.29) is 12.5 Å². The van der Waals surface area contributed by atoms with Gasteiger partial charge < -0.3 is 15.0 Å². The van der Waals surface area contributed by atoms with E-state index in [0.29, 0.717) is 5.75 Å². The van der Waals surface area contributed by atoms with Gasteiger partial charge in [-0.2, -0.15) is 0 Å². The third-order valence-electron chi connectivity index (χ3n) is 3.15. The first-order chi connectivity index (χ1) is 10.5. The fourth-order valence-electron chi connectivity index (χ4n) is 2.11. The molecule has 0 bridgehead atoms. The normalized spacial score (nSPS) is 10.2. The molecule has 0 unspecified atom stereocenters. The van der Waals surface area contributed by atoms with Crippen LogP contribution in [0.1, 0.15) is 5.56 Å². The van der Waals surface area contributed by atoms with E-state index in [9.17, 15) is 4.79 Å². The Bertz CT molecular complexity index is 654. The molecule has 0 aliphatic carbocycles. The first-order valence-electron chi connectivity index (χ1n) is 6.92. The molecule has 1 N–H and O–H groups in total. The van der Waals surface area contributed by atoms with Crippen molar-refractivity contribution in [1.82, 2.24) is 0 Å². The zero-order valence-corrected chi connectivity index (χ0v) is 15.0. The summed E-state index contributed by atoms with van der Waals surface area (Å²) in [6, 6.07) is 13.4. The van der Waals surface area contributed by atoms with Crippen LogP contribution < -0.4 is 15.0 Å². The van der Waals surface area contributed by atoms with Gasteiger partial charge in [-0.25, -0.2) is 0 Å². The number of halogens is 1. The lowest BCUT2D eigenvalue weighted by atomic mass is 10.1. The fourth-order valence-corrected chi connectivity index (χ4v) is 2.47. The predicted molar refractivity (Wildman–Crippen MR) is 98.8 cm³/mol. The van der Waals surface area contributed by atoms with Crippen LogP contribution in [0.15, 0.2) is 42.5 Å². The highest BCUT2D eigenvalue weighted by Crippen LogP contribution is 2.21. The lowest BCUT2D eigenvalue weighted by molar-refractivity contribution is -0.118. The third-order valence-corrected chi connectivity index (χ3v) is 3.87. The number of benzene rings is 2. The van der Waals surface area contributed by atoms with Crippen molar-refractivity contribution in [2.75, 3.05) is 30.9 Å². The highest BCUT2D eigenvalue weighted by molar-refractivity contribution is 14.1. The summed E-state index contributed by atoms with van der Waals surface area (Å²) in [6.07, 6.45) is 0. The number of hydrogen-bond donors (Lipinski definition) is 1. The van der Waals surface area contributed by atoms with E-state index in [1.54, 1.807) is 0 Å². The quantitative estimate of drug-likeness (QED) is 0.765. The average Bonchev–Trinajstić information content (AvgIpc) is 2.46. The van der Waals surface area contributed by atoms with E-state index in [1.165, 1.54) is 0 Å². The molecule has 0 heterocycles. The van der Waals surface area contributed by atoms with Crippen LogP contribution in [0.2, 0.25) is 0 Å². The maximum absolute atomic E-state index is 11.9. The van der Waals surface area contributed by atoms with E-state index in [2.05, 4.69) is 27.9 Å². The van der Waals surface area contributed by atoms with Crippen LogP contribution in [0.5, 0.6) is 5.75 Å². The Morgan fingerprint density at radius 1 is 1.18 bits per heavy atom. The molecule has 116 valence electrons. The van der Waals surface area contributed by atoms with Crippen molar-refractivity contribution < 1.29 is 9.53 Å². The highest BCUT2D eigenvalue weighted by atomic mass is 127. The van der Waals surface area contributed by atoms with Gasteiger partial charge in [0.05, 0.1) is 0 Å². The first-order valence-corrected chi connectivity index (χ1v) is 8.00. The molecule has 0 radical (unpaired) electrons. The highest BCUT2D eigenvalue weighted by Gasteiger charge is 2.06. The number of rotatable bonds is 5. The SMILES string of the molecule is Cc1cc(NC(=O)COc2ccc(I)cc2)ccc1N(C)C. The van der Waals surface area contributed by atoms with Crippen LogP contribution in [-0.2, 0) is 4.79 Å². The van der Waals surface area contributed by atoms with E-state index in [0.717, 1.165) is 20.5 Å². The van der Waals surface area contributed by atoms with Gasteiger partial charge in [-0.1, -0.05) is 0 Å². The molecular formula is C17H19IN2O2. The van der Waals surface area contributed by atoms with Gasteiger partial charge in [0.1, 0.15) is 5.75 Å². The van der Waals surface area contributed by atoms with E-state index < -0.39 is 0 Å². The van der Waals surface area contributed by atoms with Crippen LogP contribution >= 0.6 is 22.6 Å². The summed E-state index contributed by atoms with van der Waals surface area (Å²) in [5.41, 5.74) is 3.02. The molecule has 0 saturated heterocycles. The van der Waals surface area contributed by atoms with Gasteiger partial charge in [0.25, 0.3) is 5.91 Å². The van der Waals surface area contributed by atoms with Gasteiger partial charge in [-0.15, -0.1) is 0 Å². The Morgan fingerprint density at radius 3 is 2.45 bits per heavy atom. The summed E-state index contributed by atoms with van der Waals surface area (Å²) in [4.78, 5) is 14.0. The van der Waals surface area contributed by atoms with E-state index in [4.69, 9.17) is 4.74 Å². The Labute approximate surface area is 144 Å². The van der Waals surface area contributed by atoms with Crippen LogP contribution in [0.25, 0.3) is 0 Å². The topological polar surface area (TPSA) is 41.6 Å². The summed E-state index contributed by atoms with van der Waals surface area (Å²) >= 11 is 2.23. The molecule has 2 aromatic carbocycles. The van der Waals surface area contributed by atoms with Crippen molar-refractivity contribution in [2.45, 2.75) is 6.92 Å². The van der Waals surface area contributed by atoms with Gasteiger partial charge in [0, 0.05) is 29.0 Å². The van der Waals surface area contributed by atoms with Crippen molar-refractivity contribution in [3.8, 4) is 5.75 Å². The molecule has 0 aromatic heterocycles. The minimum atomic E-state index is -0.171. The average molecular weight is 410 g/mol. The molecule has 0 aliphatic rings. The first kappa shape index (κ1) is 16.6. The maximum atomic E-state index is 11.9. The van der Waals surface area contributed by atoms with Crippen molar-refractivity contribution >= 4 is 39.9 Å². The molecule has 5 heteroatoms. The van der Waals surface area contributed by atoms with E-state index in [1.807, 2.05) is 68.4 Å². The number of hydrogen-bond acceptors (Lipinski definition) is 3. The standard InChI is InChI=1S/C17H19IN2O2/c1-12-10-14(6-9-16(12)20(2)3)19-17(21)11-22-15-7-4-13(18)5-8-15/h4-10H,11H2,1-3H3,(H,19,21). The van der Waals surface area contributed by atoms with Gasteiger partial charge in [0.2, 0.25) is 0 Å². The predicted octanol–water partition coefficient (Wildman–Crippen LogP) is 3.68. The van der Waals surface area contributed by atoms with Gasteiger partial charge in [0.15, 0.2) is 6.61 Å². The number of amides is 1. The summed E-state index contributed by atoms with van der Waals surface area (Å²) in [5, 5.41) is 2.85. The smallest absolute Gasteiger partial charge is 0.262 e. The van der Waals surface area contributed by atoms with Crippen LogP contribution in [0, 0.1) is 10.5 Å². The molecule has 2 aromatic rings. The third kappa shape index (κ3) is 4.62. The van der Waals surface area contributed by atoms with Crippen molar-refractivity contribution in [1.29, 1.82) is 0 Å².